The van der Waals surface area contributed by atoms with Gasteiger partial charge in [-0.15, -0.1) is 0 Å². The van der Waals surface area contributed by atoms with Crippen LogP contribution in [0.25, 0.3) is 11.1 Å². The first-order valence-corrected chi connectivity index (χ1v) is 12.2. The van der Waals surface area contributed by atoms with E-state index >= 15 is 0 Å². The molecule has 2 amide bonds. The Morgan fingerprint density at radius 1 is 0.912 bits per heavy atom. The summed E-state index contributed by atoms with van der Waals surface area (Å²) in [5, 5.41) is 6.55. The Labute approximate surface area is 200 Å². The minimum absolute atomic E-state index is 0.116. The molecule has 0 spiro atoms. The molecule has 180 valence electrons. The van der Waals surface area contributed by atoms with Gasteiger partial charge in [-0.1, -0.05) is 30.3 Å². The summed E-state index contributed by atoms with van der Waals surface area (Å²) in [6.07, 6.45) is 5.29. The molecule has 2 unspecified atom stereocenters. The third-order valence-electron chi connectivity index (χ3n) is 7.54. The van der Waals surface area contributed by atoms with Crippen molar-refractivity contribution in [3.63, 3.8) is 0 Å². The lowest BCUT2D eigenvalue weighted by Gasteiger charge is -2.62. The summed E-state index contributed by atoms with van der Waals surface area (Å²) in [5.41, 5.74) is 0.627. The Hall–Kier alpha value is -2.89. The molecule has 6 rings (SSSR count). The molecule has 0 aliphatic heterocycles. The largest absolute Gasteiger partial charge is 0.444 e. The highest BCUT2D eigenvalue weighted by Crippen LogP contribution is 2.57. The average Bonchev–Trinajstić information content (AvgIpc) is 2.71. The number of rotatable bonds is 4. The SMILES string of the molecule is CC(C)(C)OC(=O)NC12C[C@H]3C[C@@H](C1)CC(NC(=O)c1ccc(-c4ccccc4F)cc1)(C3)C2. The number of hydrogen-bond donors (Lipinski definition) is 2. The van der Waals surface area contributed by atoms with Crippen LogP contribution in [0.4, 0.5) is 9.18 Å². The molecule has 5 nitrogen and oxygen atoms in total. The van der Waals surface area contributed by atoms with Gasteiger partial charge in [-0.2, -0.15) is 0 Å². The number of amides is 2. The van der Waals surface area contributed by atoms with Gasteiger partial charge in [0.2, 0.25) is 0 Å². The summed E-state index contributed by atoms with van der Waals surface area (Å²) in [6, 6.07) is 13.7. The number of ether oxygens (including phenoxy) is 1. The zero-order valence-electron chi connectivity index (χ0n) is 20.1. The molecular formula is C28H33FN2O3. The Morgan fingerprint density at radius 3 is 2.09 bits per heavy atom. The van der Waals surface area contributed by atoms with Crippen molar-refractivity contribution in [1.29, 1.82) is 0 Å². The number of nitrogens with one attached hydrogen (secondary N) is 2. The maximum atomic E-state index is 14.1. The van der Waals surface area contributed by atoms with E-state index in [1.54, 1.807) is 42.5 Å². The first kappa shape index (κ1) is 22.9. The summed E-state index contributed by atoms with van der Waals surface area (Å²) >= 11 is 0. The molecule has 4 atom stereocenters. The van der Waals surface area contributed by atoms with E-state index in [0.717, 1.165) is 44.1 Å². The maximum absolute atomic E-state index is 14.1. The molecule has 2 N–H and O–H groups in total. The standard InChI is InChI=1S/C28H33FN2O3/c1-26(2,3)34-25(33)31-28-15-18-12-19(16-28)14-27(13-18,17-28)30-24(32)21-10-8-20(9-11-21)22-6-4-5-7-23(22)29/h4-11,18-19H,12-17H2,1-3H3,(H,30,32)(H,31,33)/t18-,19+,27?,28?. The van der Waals surface area contributed by atoms with Crippen LogP contribution in [0.1, 0.15) is 69.7 Å². The maximum Gasteiger partial charge on any atom is 0.408 e. The van der Waals surface area contributed by atoms with E-state index < -0.39 is 5.60 Å². The highest BCUT2D eigenvalue weighted by atomic mass is 19.1. The van der Waals surface area contributed by atoms with E-state index in [0.29, 0.717) is 23.0 Å². The second-order valence-corrected chi connectivity index (χ2v) is 11.7. The van der Waals surface area contributed by atoms with Crippen molar-refractivity contribution < 1.29 is 18.7 Å². The van der Waals surface area contributed by atoms with Gasteiger partial charge < -0.3 is 15.4 Å². The molecule has 0 heterocycles. The highest BCUT2D eigenvalue weighted by molar-refractivity contribution is 5.95. The van der Waals surface area contributed by atoms with Gasteiger partial charge in [-0.3, -0.25) is 4.79 Å². The molecule has 2 aromatic carbocycles. The second-order valence-electron chi connectivity index (χ2n) is 11.7. The molecule has 0 saturated heterocycles. The minimum atomic E-state index is -0.549. The van der Waals surface area contributed by atoms with Crippen molar-refractivity contribution in [3.8, 4) is 11.1 Å². The van der Waals surface area contributed by atoms with E-state index in [1.165, 1.54) is 6.07 Å². The number of alkyl carbamates (subject to hydrolysis) is 1. The summed E-state index contributed by atoms with van der Waals surface area (Å²) in [5.74, 6) is 0.574. The first-order valence-electron chi connectivity index (χ1n) is 12.2. The fourth-order valence-electron chi connectivity index (χ4n) is 6.88. The predicted molar refractivity (Wildman–Crippen MR) is 129 cm³/mol. The van der Waals surface area contributed by atoms with Crippen molar-refractivity contribution in [3.05, 3.63) is 59.9 Å². The molecule has 4 fully saturated rings. The number of halogens is 1. The van der Waals surface area contributed by atoms with E-state index in [9.17, 15) is 14.0 Å². The summed E-state index contributed by atoms with van der Waals surface area (Å²) < 4.78 is 19.7. The lowest BCUT2D eigenvalue weighted by molar-refractivity contribution is -0.0509. The first-order chi connectivity index (χ1) is 16.0. The smallest absolute Gasteiger partial charge is 0.408 e. The molecule has 2 aromatic rings. The topological polar surface area (TPSA) is 67.4 Å². The fourth-order valence-corrected chi connectivity index (χ4v) is 6.88. The van der Waals surface area contributed by atoms with Crippen molar-refractivity contribution in [1.82, 2.24) is 10.6 Å². The van der Waals surface area contributed by atoms with Gasteiger partial charge in [-0.25, -0.2) is 9.18 Å². The van der Waals surface area contributed by atoms with E-state index in [1.807, 2.05) is 20.8 Å². The Balaban J connectivity index is 1.31. The molecule has 4 aliphatic rings. The predicted octanol–water partition coefficient (Wildman–Crippen LogP) is 5.84. The second kappa shape index (κ2) is 8.10. The molecule has 0 aromatic heterocycles. The molecule has 34 heavy (non-hydrogen) atoms. The van der Waals surface area contributed by atoms with Gasteiger partial charge in [-0.05, 0) is 94.9 Å². The number of hydrogen-bond acceptors (Lipinski definition) is 3. The average molecular weight is 465 g/mol. The van der Waals surface area contributed by atoms with Gasteiger partial charge in [0.15, 0.2) is 0 Å². The van der Waals surface area contributed by atoms with Crippen molar-refractivity contribution in [2.24, 2.45) is 11.8 Å². The van der Waals surface area contributed by atoms with Crippen LogP contribution in [0.2, 0.25) is 0 Å². The minimum Gasteiger partial charge on any atom is -0.444 e. The normalized spacial score (nSPS) is 29.5. The number of benzene rings is 2. The number of carbonyl (C=O) groups excluding carboxylic acids is 2. The zero-order chi connectivity index (χ0) is 24.1. The lowest BCUT2D eigenvalue weighted by atomic mass is 9.50. The van der Waals surface area contributed by atoms with Crippen molar-refractivity contribution in [2.45, 2.75) is 76.0 Å². The van der Waals surface area contributed by atoms with Gasteiger partial charge in [0, 0.05) is 22.2 Å². The van der Waals surface area contributed by atoms with E-state index in [2.05, 4.69) is 10.6 Å². The van der Waals surface area contributed by atoms with Gasteiger partial charge in [0.25, 0.3) is 5.91 Å². The Bertz CT molecular complexity index is 1090. The fraction of sp³-hybridized carbons (Fsp3) is 0.500. The van der Waals surface area contributed by atoms with Crippen molar-refractivity contribution >= 4 is 12.0 Å². The van der Waals surface area contributed by atoms with E-state index in [4.69, 9.17) is 4.74 Å². The van der Waals surface area contributed by atoms with Crippen LogP contribution < -0.4 is 10.6 Å². The van der Waals surface area contributed by atoms with Crippen LogP contribution in [0.3, 0.4) is 0 Å². The summed E-state index contributed by atoms with van der Waals surface area (Å²) in [6.45, 7) is 5.60. The Morgan fingerprint density at radius 2 is 1.50 bits per heavy atom. The van der Waals surface area contributed by atoms with Gasteiger partial charge in [0.05, 0.1) is 0 Å². The summed E-state index contributed by atoms with van der Waals surface area (Å²) in [4.78, 5) is 25.9. The van der Waals surface area contributed by atoms with E-state index in [-0.39, 0.29) is 28.9 Å². The van der Waals surface area contributed by atoms with Crippen molar-refractivity contribution in [2.75, 3.05) is 0 Å². The van der Waals surface area contributed by atoms with Crippen LogP contribution >= 0.6 is 0 Å². The van der Waals surface area contributed by atoms with Crippen LogP contribution in [0, 0.1) is 17.7 Å². The molecule has 6 heteroatoms. The quantitative estimate of drug-likeness (QED) is 0.597. The monoisotopic (exact) mass is 464 g/mol. The van der Waals surface area contributed by atoms with Gasteiger partial charge in [0.1, 0.15) is 11.4 Å². The Kier molecular flexibility index (Phi) is 5.45. The molecule has 4 aliphatic carbocycles. The lowest BCUT2D eigenvalue weighted by Crippen LogP contribution is -2.70. The zero-order valence-corrected chi connectivity index (χ0v) is 20.1. The summed E-state index contributed by atoms with van der Waals surface area (Å²) in [7, 11) is 0. The molecule has 0 radical (unpaired) electrons. The third kappa shape index (κ3) is 4.55. The number of carbonyl (C=O) groups is 2. The van der Waals surface area contributed by atoms with Crippen LogP contribution in [0.15, 0.2) is 48.5 Å². The van der Waals surface area contributed by atoms with Crippen LogP contribution in [-0.2, 0) is 4.74 Å². The van der Waals surface area contributed by atoms with Crippen LogP contribution in [0.5, 0.6) is 0 Å². The third-order valence-corrected chi connectivity index (χ3v) is 7.54. The molecular weight excluding hydrogens is 431 g/mol. The molecule has 4 bridgehead atoms. The highest BCUT2D eigenvalue weighted by Gasteiger charge is 2.59. The molecule has 4 saturated carbocycles. The van der Waals surface area contributed by atoms with Gasteiger partial charge >= 0.3 is 6.09 Å². The van der Waals surface area contributed by atoms with Crippen LogP contribution in [-0.4, -0.2) is 28.7 Å².